The summed E-state index contributed by atoms with van der Waals surface area (Å²) >= 11 is 0. The second-order valence-corrected chi connectivity index (χ2v) is 6.70. The molecule has 0 radical (unpaired) electrons. The summed E-state index contributed by atoms with van der Waals surface area (Å²) in [4.78, 5) is 14.4. The third kappa shape index (κ3) is 7.50. The van der Waals surface area contributed by atoms with Crippen molar-refractivity contribution >= 4 is 30.7 Å². The zero-order chi connectivity index (χ0) is 16.7. The average Bonchev–Trinajstić information content (AvgIpc) is 2.56. The zero-order valence-corrected chi connectivity index (χ0v) is 17.0. The maximum absolute atomic E-state index is 11.9. The van der Waals surface area contributed by atoms with Crippen LogP contribution in [-0.2, 0) is 22.5 Å². The highest BCUT2D eigenvalue weighted by atomic mass is 35.5. The number of halogens is 2. The van der Waals surface area contributed by atoms with Crippen LogP contribution in [-0.4, -0.2) is 56.2 Å². The summed E-state index contributed by atoms with van der Waals surface area (Å²) in [7, 11) is 1.65. The van der Waals surface area contributed by atoms with Crippen molar-refractivity contribution in [2.24, 2.45) is 0 Å². The van der Waals surface area contributed by atoms with Crippen LogP contribution >= 0.6 is 24.8 Å². The number of benzene rings is 1. The monoisotopic (exact) mass is 391 g/mol. The number of methoxy groups -OCH3 is 1. The molecular formula is C18H31Cl2N3O2. The summed E-state index contributed by atoms with van der Waals surface area (Å²) in [5.41, 5.74) is 2.79. The molecule has 0 spiro atoms. The Morgan fingerprint density at radius 2 is 1.92 bits per heavy atom. The van der Waals surface area contributed by atoms with Gasteiger partial charge in [0.05, 0.1) is 13.2 Å². The zero-order valence-electron chi connectivity index (χ0n) is 15.3. The molecule has 0 aliphatic carbocycles. The van der Waals surface area contributed by atoms with Crippen molar-refractivity contribution < 1.29 is 9.53 Å². The van der Waals surface area contributed by atoms with Gasteiger partial charge in [-0.25, -0.2) is 0 Å². The molecule has 144 valence electrons. The van der Waals surface area contributed by atoms with Gasteiger partial charge in [0.15, 0.2) is 0 Å². The first-order valence-electron chi connectivity index (χ1n) is 8.31. The topological polar surface area (TPSA) is 53.6 Å². The molecule has 25 heavy (non-hydrogen) atoms. The fourth-order valence-corrected chi connectivity index (χ4v) is 2.88. The quantitative estimate of drug-likeness (QED) is 0.665. The van der Waals surface area contributed by atoms with Gasteiger partial charge >= 0.3 is 0 Å². The SMILES string of the molecule is COCCNCC(=O)NCC(C)(C)N1CCc2ccccc2C1.Cl.Cl. The molecule has 0 atom stereocenters. The Labute approximate surface area is 163 Å². The van der Waals surface area contributed by atoms with E-state index in [1.54, 1.807) is 7.11 Å². The van der Waals surface area contributed by atoms with Crippen LogP contribution in [0.1, 0.15) is 25.0 Å². The molecule has 1 aliphatic heterocycles. The number of ether oxygens (including phenoxy) is 1. The van der Waals surface area contributed by atoms with Crippen molar-refractivity contribution in [3.8, 4) is 0 Å². The van der Waals surface area contributed by atoms with Gasteiger partial charge in [0.1, 0.15) is 0 Å². The summed E-state index contributed by atoms with van der Waals surface area (Å²) in [6.07, 6.45) is 1.08. The first kappa shape index (κ1) is 24.1. The van der Waals surface area contributed by atoms with E-state index >= 15 is 0 Å². The van der Waals surface area contributed by atoms with Crippen molar-refractivity contribution in [1.29, 1.82) is 0 Å². The summed E-state index contributed by atoms with van der Waals surface area (Å²) < 4.78 is 4.95. The molecule has 2 rings (SSSR count). The first-order chi connectivity index (χ1) is 11.0. The number of nitrogens with one attached hydrogen (secondary N) is 2. The van der Waals surface area contributed by atoms with E-state index < -0.39 is 0 Å². The normalized spacial score (nSPS) is 14.0. The van der Waals surface area contributed by atoms with Gasteiger partial charge in [-0.1, -0.05) is 24.3 Å². The average molecular weight is 392 g/mol. The Hall–Kier alpha value is -0.850. The number of rotatable bonds is 8. The van der Waals surface area contributed by atoms with Gasteiger partial charge < -0.3 is 15.4 Å². The Balaban J connectivity index is 0.00000288. The third-order valence-electron chi connectivity index (χ3n) is 4.47. The van der Waals surface area contributed by atoms with Gasteiger partial charge in [-0.2, -0.15) is 0 Å². The highest BCUT2D eigenvalue weighted by Crippen LogP contribution is 2.24. The number of hydrogen-bond donors (Lipinski definition) is 2. The van der Waals surface area contributed by atoms with Gasteiger partial charge in [0.2, 0.25) is 5.91 Å². The Morgan fingerprint density at radius 1 is 1.24 bits per heavy atom. The van der Waals surface area contributed by atoms with Crippen LogP contribution in [0.3, 0.4) is 0 Å². The Bertz CT molecular complexity index is 527. The molecule has 0 bridgehead atoms. The Morgan fingerprint density at radius 3 is 2.60 bits per heavy atom. The van der Waals surface area contributed by atoms with Gasteiger partial charge in [-0.3, -0.25) is 9.69 Å². The van der Waals surface area contributed by atoms with E-state index in [4.69, 9.17) is 4.74 Å². The Kier molecular flexibility index (Phi) is 11.3. The lowest BCUT2D eigenvalue weighted by molar-refractivity contribution is -0.120. The predicted octanol–water partition coefficient (Wildman–Crippen LogP) is 2.02. The van der Waals surface area contributed by atoms with E-state index in [0.29, 0.717) is 26.2 Å². The highest BCUT2D eigenvalue weighted by Gasteiger charge is 2.29. The summed E-state index contributed by atoms with van der Waals surface area (Å²) in [6, 6.07) is 8.63. The third-order valence-corrected chi connectivity index (χ3v) is 4.47. The molecule has 0 aromatic heterocycles. The predicted molar refractivity (Wildman–Crippen MR) is 107 cm³/mol. The minimum atomic E-state index is -0.0598. The minimum Gasteiger partial charge on any atom is -0.383 e. The fraction of sp³-hybridized carbons (Fsp3) is 0.611. The van der Waals surface area contributed by atoms with E-state index in [9.17, 15) is 4.79 Å². The molecule has 1 aliphatic rings. The van der Waals surface area contributed by atoms with E-state index in [0.717, 1.165) is 19.5 Å². The minimum absolute atomic E-state index is 0. The lowest BCUT2D eigenvalue weighted by atomic mass is 9.94. The maximum atomic E-state index is 11.9. The molecule has 2 N–H and O–H groups in total. The fourth-order valence-electron chi connectivity index (χ4n) is 2.88. The lowest BCUT2D eigenvalue weighted by Gasteiger charge is -2.41. The van der Waals surface area contributed by atoms with Crippen LogP contribution in [0.15, 0.2) is 24.3 Å². The second kappa shape index (κ2) is 11.7. The van der Waals surface area contributed by atoms with Crippen LogP contribution in [0.4, 0.5) is 0 Å². The number of fused-ring (bicyclic) bond motifs is 1. The van der Waals surface area contributed by atoms with Gasteiger partial charge in [-0.15, -0.1) is 24.8 Å². The molecule has 1 aromatic carbocycles. The number of carbonyl (C=O) groups is 1. The molecule has 1 heterocycles. The molecular weight excluding hydrogens is 361 g/mol. The maximum Gasteiger partial charge on any atom is 0.234 e. The second-order valence-electron chi connectivity index (χ2n) is 6.70. The molecule has 7 heteroatoms. The number of hydrogen-bond acceptors (Lipinski definition) is 4. The van der Waals surface area contributed by atoms with Gasteiger partial charge in [0.25, 0.3) is 0 Å². The molecule has 1 aromatic rings. The van der Waals surface area contributed by atoms with E-state index in [1.807, 2.05) is 0 Å². The molecule has 0 saturated carbocycles. The van der Waals surface area contributed by atoms with Crippen molar-refractivity contribution in [3.05, 3.63) is 35.4 Å². The van der Waals surface area contributed by atoms with Crippen LogP contribution in [0.25, 0.3) is 0 Å². The summed E-state index contributed by atoms with van der Waals surface area (Å²) in [5, 5.41) is 6.10. The first-order valence-corrected chi connectivity index (χ1v) is 8.31. The van der Waals surface area contributed by atoms with Crippen molar-refractivity contribution in [1.82, 2.24) is 15.5 Å². The van der Waals surface area contributed by atoms with Crippen LogP contribution < -0.4 is 10.6 Å². The number of amides is 1. The van der Waals surface area contributed by atoms with Crippen molar-refractivity contribution in [2.75, 3.05) is 39.9 Å². The van der Waals surface area contributed by atoms with E-state index in [2.05, 4.69) is 53.6 Å². The summed E-state index contributed by atoms with van der Waals surface area (Å²) in [5.74, 6) is 0.0339. The van der Waals surface area contributed by atoms with Crippen LogP contribution in [0.2, 0.25) is 0 Å². The number of nitrogens with zero attached hydrogens (tertiary/aromatic N) is 1. The van der Waals surface area contributed by atoms with E-state index in [-0.39, 0.29) is 36.3 Å². The van der Waals surface area contributed by atoms with Gasteiger partial charge in [0, 0.05) is 38.8 Å². The molecule has 5 nitrogen and oxygen atoms in total. The molecule has 0 saturated heterocycles. The molecule has 0 unspecified atom stereocenters. The number of carbonyl (C=O) groups excluding carboxylic acids is 1. The molecule has 1 amide bonds. The van der Waals surface area contributed by atoms with Gasteiger partial charge in [-0.05, 0) is 31.4 Å². The van der Waals surface area contributed by atoms with E-state index in [1.165, 1.54) is 11.1 Å². The van der Waals surface area contributed by atoms with Crippen molar-refractivity contribution in [2.45, 2.75) is 32.4 Å². The van der Waals surface area contributed by atoms with Crippen molar-refractivity contribution in [3.63, 3.8) is 0 Å². The largest absolute Gasteiger partial charge is 0.383 e. The summed E-state index contributed by atoms with van der Waals surface area (Å²) in [6.45, 7) is 8.67. The standard InChI is InChI=1S/C18H29N3O2.2ClH/c1-18(2,14-20-17(22)12-19-9-11-23-3)21-10-8-15-6-4-5-7-16(15)13-21;;/h4-7,19H,8-14H2,1-3H3,(H,20,22);2*1H. The highest BCUT2D eigenvalue weighted by molar-refractivity contribution is 5.85. The lowest BCUT2D eigenvalue weighted by Crippen LogP contribution is -2.54. The van der Waals surface area contributed by atoms with Crippen LogP contribution in [0, 0.1) is 0 Å². The smallest absolute Gasteiger partial charge is 0.234 e. The van der Waals surface area contributed by atoms with Crippen LogP contribution in [0.5, 0.6) is 0 Å². The molecule has 0 fully saturated rings.